The third kappa shape index (κ3) is 3.80. The number of Topliss-reactive ketones (excluding diaryl/α,β-unsaturated/α-hetero) is 1. The van der Waals surface area contributed by atoms with Crippen LogP contribution < -0.4 is 9.64 Å². The van der Waals surface area contributed by atoms with Crippen LogP contribution >= 0.6 is 11.6 Å². The fourth-order valence-electron chi connectivity index (χ4n) is 3.07. The number of hydrogen-bond donors (Lipinski definition) is 0. The van der Waals surface area contributed by atoms with Crippen LogP contribution in [0.2, 0.25) is 5.02 Å². The molecule has 0 saturated carbocycles. The number of methoxy groups -OCH3 is 1. The minimum absolute atomic E-state index is 0.0228. The lowest BCUT2D eigenvalue weighted by Gasteiger charge is -2.21. The van der Waals surface area contributed by atoms with Crippen molar-refractivity contribution in [2.24, 2.45) is 0 Å². The van der Waals surface area contributed by atoms with E-state index < -0.39 is 5.97 Å². The van der Waals surface area contributed by atoms with E-state index in [0.29, 0.717) is 23.0 Å². The van der Waals surface area contributed by atoms with Gasteiger partial charge in [0.15, 0.2) is 0 Å². The van der Waals surface area contributed by atoms with Crippen molar-refractivity contribution in [3.8, 4) is 5.75 Å². The Morgan fingerprint density at radius 1 is 1.11 bits per heavy atom. The van der Waals surface area contributed by atoms with Crippen LogP contribution in [0, 0.1) is 0 Å². The van der Waals surface area contributed by atoms with Gasteiger partial charge in [0.1, 0.15) is 11.3 Å². The highest BCUT2D eigenvalue weighted by Gasteiger charge is 2.38. The summed E-state index contributed by atoms with van der Waals surface area (Å²) in [5.41, 5.74) is 2.44. The van der Waals surface area contributed by atoms with Crippen molar-refractivity contribution in [1.29, 1.82) is 0 Å². The van der Waals surface area contributed by atoms with Crippen molar-refractivity contribution >= 4 is 35.1 Å². The van der Waals surface area contributed by atoms with Crippen LogP contribution in [0.3, 0.4) is 0 Å². The van der Waals surface area contributed by atoms with Crippen molar-refractivity contribution in [3.63, 3.8) is 0 Å². The Morgan fingerprint density at radius 3 is 2.32 bits per heavy atom. The summed E-state index contributed by atoms with van der Waals surface area (Å²) in [7, 11) is 1.26. The number of carbonyl (C=O) groups is 2. The van der Waals surface area contributed by atoms with Gasteiger partial charge in [0.2, 0.25) is 5.78 Å². The van der Waals surface area contributed by atoms with Gasteiger partial charge in [-0.1, -0.05) is 23.7 Å². The summed E-state index contributed by atoms with van der Waals surface area (Å²) in [6, 6.07) is 14.5. The fraction of sp³-hybridized carbons (Fsp3) is 0.182. The molecule has 0 saturated heterocycles. The number of rotatable bonds is 5. The van der Waals surface area contributed by atoms with Gasteiger partial charge < -0.3 is 14.4 Å². The number of ketones is 1. The van der Waals surface area contributed by atoms with Gasteiger partial charge in [-0.05, 0) is 61.9 Å². The average molecular weight is 398 g/mol. The number of benzene rings is 2. The Bertz CT molecular complexity index is 959. The normalized spacial score (nSPS) is 15.4. The van der Waals surface area contributed by atoms with Crippen LogP contribution in [0.1, 0.15) is 19.4 Å². The number of halogens is 1. The summed E-state index contributed by atoms with van der Waals surface area (Å²) in [6.07, 6.45) is 1.74. The Labute approximate surface area is 168 Å². The zero-order valence-corrected chi connectivity index (χ0v) is 16.6. The van der Waals surface area contributed by atoms with Gasteiger partial charge in [0, 0.05) is 16.4 Å². The van der Waals surface area contributed by atoms with E-state index in [0.717, 1.165) is 17.0 Å². The zero-order valence-electron chi connectivity index (χ0n) is 15.9. The predicted octanol–water partition coefficient (Wildman–Crippen LogP) is 4.62. The van der Waals surface area contributed by atoms with E-state index in [1.54, 1.807) is 42.2 Å². The molecule has 144 valence electrons. The first-order chi connectivity index (χ1) is 13.5. The van der Waals surface area contributed by atoms with Crippen LogP contribution in [-0.4, -0.2) is 25.5 Å². The van der Waals surface area contributed by atoms with E-state index in [-0.39, 0.29) is 11.4 Å². The molecule has 0 unspecified atom stereocenters. The Kier molecular flexibility index (Phi) is 5.85. The van der Waals surface area contributed by atoms with E-state index >= 15 is 0 Å². The number of esters is 1. The smallest absolute Gasteiger partial charge is 0.343 e. The SMILES string of the molecule is CCOc1ccc(/C=C2/C(=O)C(C(=O)OC)=C(C)N2c2ccc(Cl)cc2)cc1. The molecule has 0 fully saturated rings. The molecule has 1 heterocycles. The Morgan fingerprint density at radius 2 is 1.75 bits per heavy atom. The highest BCUT2D eigenvalue weighted by Crippen LogP contribution is 2.36. The van der Waals surface area contributed by atoms with Crippen molar-refractivity contribution in [2.45, 2.75) is 13.8 Å². The third-order valence-corrected chi connectivity index (χ3v) is 4.62. The van der Waals surface area contributed by atoms with Gasteiger partial charge in [0.05, 0.1) is 19.4 Å². The number of allylic oxidation sites excluding steroid dienone is 2. The molecule has 0 aromatic heterocycles. The molecule has 2 aromatic rings. The summed E-state index contributed by atoms with van der Waals surface area (Å²) in [4.78, 5) is 26.9. The number of hydrogen-bond acceptors (Lipinski definition) is 5. The van der Waals surface area contributed by atoms with Gasteiger partial charge >= 0.3 is 5.97 Å². The number of anilines is 1. The topological polar surface area (TPSA) is 55.8 Å². The summed E-state index contributed by atoms with van der Waals surface area (Å²) in [6.45, 7) is 4.21. The largest absolute Gasteiger partial charge is 0.494 e. The number of nitrogens with zero attached hydrogens (tertiary/aromatic N) is 1. The molecule has 6 heteroatoms. The van der Waals surface area contributed by atoms with Crippen molar-refractivity contribution in [2.75, 3.05) is 18.6 Å². The molecule has 0 aliphatic carbocycles. The molecule has 0 amide bonds. The van der Waals surface area contributed by atoms with Crippen molar-refractivity contribution < 1.29 is 19.1 Å². The highest BCUT2D eigenvalue weighted by atomic mass is 35.5. The van der Waals surface area contributed by atoms with E-state index in [1.165, 1.54) is 7.11 Å². The molecule has 2 aromatic carbocycles. The molecule has 28 heavy (non-hydrogen) atoms. The summed E-state index contributed by atoms with van der Waals surface area (Å²) >= 11 is 5.99. The highest BCUT2D eigenvalue weighted by molar-refractivity contribution is 6.31. The van der Waals surface area contributed by atoms with Crippen molar-refractivity contribution in [1.82, 2.24) is 0 Å². The maximum absolute atomic E-state index is 13.0. The van der Waals surface area contributed by atoms with Crippen LogP contribution in [0.25, 0.3) is 6.08 Å². The second-order valence-electron chi connectivity index (χ2n) is 6.12. The van der Waals surface area contributed by atoms with E-state index in [1.807, 2.05) is 31.2 Å². The molecule has 0 spiro atoms. The van der Waals surface area contributed by atoms with Gasteiger partial charge in [-0.25, -0.2) is 4.79 Å². The molecule has 0 atom stereocenters. The van der Waals surface area contributed by atoms with Gasteiger partial charge in [0.25, 0.3) is 0 Å². The monoisotopic (exact) mass is 397 g/mol. The van der Waals surface area contributed by atoms with Gasteiger partial charge in [-0.2, -0.15) is 0 Å². The van der Waals surface area contributed by atoms with Crippen LogP contribution in [-0.2, 0) is 14.3 Å². The summed E-state index contributed by atoms with van der Waals surface area (Å²) in [5.74, 6) is -0.286. The first-order valence-electron chi connectivity index (χ1n) is 8.80. The predicted molar refractivity (Wildman–Crippen MR) is 109 cm³/mol. The van der Waals surface area contributed by atoms with Crippen LogP contribution in [0.4, 0.5) is 5.69 Å². The molecular weight excluding hydrogens is 378 g/mol. The van der Waals surface area contributed by atoms with Gasteiger partial charge in [-0.15, -0.1) is 0 Å². The average Bonchev–Trinajstić information content (AvgIpc) is 2.93. The summed E-state index contributed by atoms with van der Waals surface area (Å²) < 4.78 is 10.3. The van der Waals surface area contributed by atoms with E-state index in [4.69, 9.17) is 21.1 Å². The fourth-order valence-corrected chi connectivity index (χ4v) is 3.19. The molecule has 0 N–H and O–H groups in total. The molecule has 3 rings (SSSR count). The third-order valence-electron chi connectivity index (χ3n) is 4.37. The zero-order chi connectivity index (χ0) is 20.3. The molecular formula is C22H20ClNO4. The first kappa shape index (κ1) is 19.7. The maximum atomic E-state index is 13.0. The van der Waals surface area contributed by atoms with Gasteiger partial charge in [-0.3, -0.25) is 4.79 Å². The Balaban J connectivity index is 2.07. The number of carbonyl (C=O) groups excluding carboxylic acids is 2. The van der Waals surface area contributed by atoms with Crippen molar-refractivity contribution in [3.05, 3.63) is 76.1 Å². The molecule has 1 aliphatic heterocycles. The minimum atomic E-state index is -0.656. The minimum Gasteiger partial charge on any atom is -0.494 e. The lowest BCUT2D eigenvalue weighted by atomic mass is 10.1. The lowest BCUT2D eigenvalue weighted by molar-refractivity contribution is -0.137. The molecule has 1 aliphatic rings. The van der Waals surface area contributed by atoms with Crippen LogP contribution in [0.5, 0.6) is 5.75 Å². The molecule has 0 radical (unpaired) electrons. The molecule has 0 bridgehead atoms. The van der Waals surface area contributed by atoms with Crippen LogP contribution in [0.15, 0.2) is 65.5 Å². The second kappa shape index (κ2) is 8.31. The lowest BCUT2D eigenvalue weighted by Crippen LogP contribution is -2.18. The summed E-state index contributed by atoms with van der Waals surface area (Å²) in [5, 5.41) is 0.584. The second-order valence-corrected chi connectivity index (χ2v) is 6.56. The van der Waals surface area contributed by atoms with E-state index in [2.05, 4.69) is 0 Å². The first-order valence-corrected chi connectivity index (χ1v) is 9.18. The quantitative estimate of drug-likeness (QED) is 0.418. The standard InChI is InChI=1S/C22H20ClNO4/c1-4-28-18-11-5-15(6-12-18)13-19-21(25)20(22(26)27-3)14(2)24(19)17-9-7-16(23)8-10-17/h5-13H,4H2,1-3H3/b19-13-. The molecule has 5 nitrogen and oxygen atoms in total. The maximum Gasteiger partial charge on any atom is 0.343 e. The number of ether oxygens (including phenoxy) is 2. The Hall–Kier alpha value is -3.05. The van der Waals surface area contributed by atoms with E-state index in [9.17, 15) is 9.59 Å².